The van der Waals surface area contributed by atoms with Gasteiger partial charge in [-0.1, -0.05) is 12.1 Å². The first-order valence-electron chi connectivity index (χ1n) is 8.35. The summed E-state index contributed by atoms with van der Waals surface area (Å²) >= 11 is 0. The van der Waals surface area contributed by atoms with E-state index in [1.54, 1.807) is 25.6 Å². The third-order valence-corrected chi connectivity index (χ3v) is 3.34. The summed E-state index contributed by atoms with van der Waals surface area (Å²) in [5, 5.41) is 6.11. The fourth-order valence-electron chi connectivity index (χ4n) is 2.24. The van der Waals surface area contributed by atoms with Crippen molar-refractivity contribution in [3.05, 3.63) is 48.3 Å². The van der Waals surface area contributed by atoms with E-state index in [-0.39, 0.29) is 12.0 Å². The molecule has 2 rings (SSSR count). The van der Waals surface area contributed by atoms with Gasteiger partial charge >= 0.3 is 0 Å². The number of aromatic nitrogens is 1. The second-order valence-electron chi connectivity index (χ2n) is 5.85. The highest BCUT2D eigenvalue weighted by Gasteiger charge is 2.09. The predicted octanol–water partition coefficient (Wildman–Crippen LogP) is 3.38. The van der Waals surface area contributed by atoms with Crippen molar-refractivity contribution >= 4 is 17.3 Å². The van der Waals surface area contributed by atoms with Gasteiger partial charge in [-0.15, -0.1) is 0 Å². The zero-order valence-corrected chi connectivity index (χ0v) is 14.9. The number of benzene rings is 1. The third kappa shape index (κ3) is 6.08. The number of amides is 1. The van der Waals surface area contributed by atoms with Crippen LogP contribution in [0.2, 0.25) is 0 Å². The Balaban J connectivity index is 2.05. The number of rotatable bonds is 9. The van der Waals surface area contributed by atoms with E-state index in [1.165, 1.54) is 0 Å². The molecule has 0 atom stereocenters. The van der Waals surface area contributed by atoms with E-state index in [1.807, 2.05) is 38.1 Å². The quantitative estimate of drug-likeness (QED) is 0.683. The number of pyridine rings is 1. The Morgan fingerprint density at radius 3 is 2.80 bits per heavy atom. The average molecular weight is 343 g/mol. The molecule has 1 aromatic heterocycles. The highest BCUT2D eigenvalue weighted by Crippen LogP contribution is 2.28. The maximum Gasteiger partial charge on any atom is 0.252 e. The Morgan fingerprint density at radius 2 is 2.04 bits per heavy atom. The minimum atomic E-state index is -0.154. The lowest BCUT2D eigenvalue weighted by molar-refractivity contribution is 0.0948. The highest BCUT2D eigenvalue weighted by atomic mass is 16.5. The summed E-state index contributed by atoms with van der Waals surface area (Å²) in [5.74, 6) is 0.603. The summed E-state index contributed by atoms with van der Waals surface area (Å²) in [7, 11) is 1.64. The third-order valence-electron chi connectivity index (χ3n) is 3.34. The van der Waals surface area contributed by atoms with Crippen LogP contribution in [0.15, 0.2) is 42.7 Å². The minimum Gasteiger partial charge on any atom is -0.489 e. The van der Waals surface area contributed by atoms with Crippen LogP contribution in [0.5, 0.6) is 5.75 Å². The molecule has 134 valence electrons. The van der Waals surface area contributed by atoms with Crippen molar-refractivity contribution in [3.63, 3.8) is 0 Å². The van der Waals surface area contributed by atoms with Crippen molar-refractivity contribution in [2.24, 2.45) is 0 Å². The topological polar surface area (TPSA) is 72.5 Å². The van der Waals surface area contributed by atoms with Crippen LogP contribution >= 0.6 is 0 Å². The number of methoxy groups -OCH3 is 1. The van der Waals surface area contributed by atoms with Crippen LogP contribution in [-0.4, -0.2) is 37.3 Å². The van der Waals surface area contributed by atoms with Crippen molar-refractivity contribution in [3.8, 4) is 5.75 Å². The number of nitrogens with zero attached hydrogens (tertiary/aromatic N) is 1. The highest BCUT2D eigenvalue weighted by molar-refractivity contribution is 5.94. The maximum absolute atomic E-state index is 12.2. The van der Waals surface area contributed by atoms with Gasteiger partial charge in [0, 0.05) is 26.5 Å². The molecule has 0 radical (unpaired) electrons. The number of hydrogen-bond acceptors (Lipinski definition) is 5. The van der Waals surface area contributed by atoms with Crippen molar-refractivity contribution in [2.45, 2.75) is 26.4 Å². The number of ether oxygens (including phenoxy) is 2. The monoisotopic (exact) mass is 343 g/mol. The summed E-state index contributed by atoms with van der Waals surface area (Å²) < 4.78 is 10.8. The second kappa shape index (κ2) is 9.64. The van der Waals surface area contributed by atoms with Crippen LogP contribution < -0.4 is 15.4 Å². The minimum absolute atomic E-state index is 0.0743. The van der Waals surface area contributed by atoms with Gasteiger partial charge in [-0.25, -0.2) is 0 Å². The Labute approximate surface area is 148 Å². The second-order valence-corrected chi connectivity index (χ2v) is 5.85. The Morgan fingerprint density at radius 1 is 1.24 bits per heavy atom. The van der Waals surface area contributed by atoms with Gasteiger partial charge in [0.2, 0.25) is 0 Å². The molecule has 0 spiro atoms. The number of hydrogen-bond donors (Lipinski definition) is 2. The maximum atomic E-state index is 12.2. The number of nitrogens with one attached hydrogen (secondary N) is 2. The van der Waals surface area contributed by atoms with Gasteiger partial charge in [-0.05, 0) is 38.5 Å². The molecular weight excluding hydrogens is 318 g/mol. The molecule has 0 aliphatic heterocycles. The van der Waals surface area contributed by atoms with E-state index in [2.05, 4.69) is 15.6 Å². The van der Waals surface area contributed by atoms with Crippen LogP contribution in [0.1, 0.15) is 30.6 Å². The van der Waals surface area contributed by atoms with Crippen molar-refractivity contribution < 1.29 is 14.3 Å². The van der Waals surface area contributed by atoms with E-state index in [0.717, 1.165) is 23.5 Å². The summed E-state index contributed by atoms with van der Waals surface area (Å²) in [6.45, 7) is 5.14. The normalized spacial score (nSPS) is 10.6. The van der Waals surface area contributed by atoms with Crippen LogP contribution in [0, 0.1) is 0 Å². The summed E-state index contributed by atoms with van der Waals surface area (Å²) in [6.07, 6.45) is 4.07. The van der Waals surface area contributed by atoms with Gasteiger partial charge in [0.15, 0.2) is 0 Å². The molecule has 0 aliphatic carbocycles. The molecule has 6 heteroatoms. The summed E-state index contributed by atoms with van der Waals surface area (Å²) in [5.41, 5.74) is 2.06. The molecule has 0 saturated heterocycles. The lowest BCUT2D eigenvalue weighted by Gasteiger charge is -2.15. The average Bonchev–Trinajstić information content (AvgIpc) is 2.60. The van der Waals surface area contributed by atoms with Crippen molar-refractivity contribution in [1.29, 1.82) is 0 Å². The smallest absolute Gasteiger partial charge is 0.252 e. The van der Waals surface area contributed by atoms with Crippen LogP contribution in [-0.2, 0) is 4.74 Å². The molecule has 2 aromatic rings. The SMILES string of the molecule is COCCCNC(=O)c1cncc(Nc2ccccc2OC(C)C)c1. The van der Waals surface area contributed by atoms with E-state index in [9.17, 15) is 4.79 Å². The van der Waals surface area contributed by atoms with Crippen LogP contribution in [0.25, 0.3) is 0 Å². The van der Waals surface area contributed by atoms with E-state index in [0.29, 0.717) is 18.7 Å². The molecule has 1 aromatic carbocycles. The number of carbonyl (C=O) groups excluding carboxylic acids is 1. The van der Waals surface area contributed by atoms with E-state index < -0.39 is 0 Å². The summed E-state index contributed by atoms with van der Waals surface area (Å²) in [6, 6.07) is 9.45. The molecule has 0 saturated carbocycles. The lowest BCUT2D eigenvalue weighted by Crippen LogP contribution is -2.25. The van der Waals surface area contributed by atoms with Crippen LogP contribution in [0.4, 0.5) is 11.4 Å². The molecule has 2 N–H and O–H groups in total. The Hall–Kier alpha value is -2.60. The number of para-hydroxylation sites is 2. The zero-order chi connectivity index (χ0) is 18.1. The van der Waals surface area contributed by atoms with Crippen molar-refractivity contribution in [2.75, 3.05) is 25.6 Å². The molecule has 0 unspecified atom stereocenters. The largest absolute Gasteiger partial charge is 0.489 e. The predicted molar refractivity (Wildman–Crippen MR) is 98.6 cm³/mol. The van der Waals surface area contributed by atoms with Crippen molar-refractivity contribution in [1.82, 2.24) is 10.3 Å². The lowest BCUT2D eigenvalue weighted by atomic mass is 10.2. The molecule has 0 aliphatic rings. The van der Waals surface area contributed by atoms with E-state index >= 15 is 0 Å². The van der Waals surface area contributed by atoms with Gasteiger partial charge in [-0.3, -0.25) is 9.78 Å². The Kier molecular flexibility index (Phi) is 7.22. The molecular formula is C19H25N3O3. The van der Waals surface area contributed by atoms with Gasteiger partial charge in [0.05, 0.1) is 29.2 Å². The standard InChI is InChI=1S/C19H25N3O3/c1-14(2)25-18-8-5-4-7-17(18)22-16-11-15(12-20-13-16)19(23)21-9-6-10-24-3/h4-5,7-8,11-14,22H,6,9-10H2,1-3H3,(H,21,23). The van der Waals surface area contributed by atoms with Gasteiger partial charge < -0.3 is 20.1 Å². The Bertz CT molecular complexity index is 689. The zero-order valence-electron chi connectivity index (χ0n) is 14.9. The molecule has 0 bridgehead atoms. The first-order chi connectivity index (χ1) is 12.1. The van der Waals surface area contributed by atoms with Crippen LogP contribution in [0.3, 0.4) is 0 Å². The number of carbonyl (C=O) groups is 1. The van der Waals surface area contributed by atoms with Gasteiger partial charge in [0.25, 0.3) is 5.91 Å². The molecule has 25 heavy (non-hydrogen) atoms. The fraction of sp³-hybridized carbons (Fsp3) is 0.368. The fourth-order valence-corrected chi connectivity index (χ4v) is 2.24. The first-order valence-corrected chi connectivity index (χ1v) is 8.35. The van der Waals surface area contributed by atoms with Gasteiger partial charge in [-0.2, -0.15) is 0 Å². The summed E-state index contributed by atoms with van der Waals surface area (Å²) in [4.78, 5) is 16.3. The molecule has 6 nitrogen and oxygen atoms in total. The van der Waals surface area contributed by atoms with Gasteiger partial charge in [0.1, 0.15) is 5.75 Å². The molecule has 0 fully saturated rings. The first kappa shape index (κ1) is 18.7. The number of anilines is 2. The van der Waals surface area contributed by atoms with E-state index in [4.69, 9.17) is 9.47 Å². The molecule has 1 amide bonds. The molecule has 1 heterocycles.